The molecule has 0 bridgehead atoms. The molecule has 4 nitrogen and oxygen atoms in total. The lowest BCUT2D eigenvalue weighted by atomic mass is 9.90. The van der Waals surface area contributed by atoms with E-state index in [-0.39, 0.29) is 0 Å². The average molecular weight is 308 g/mol. The Morgan fingerprint density at radius 3 is 2.78 bits per heavy atom. The maximum Gasteiger partial charge on any atom is 0.223 e. The van der Waals surface area contributed by atoms with Gasteiger partial charge in [0.05, 0.1) is 5.69 Å². The van der Waals surface area contributed by atoms with E-state index in [0.29, 0.717) is 6.04 Å². The molecule has 0 amide bonds. The van der Waals surface area contributed by atoms with E-state index in [1.807, 2.05) is 6.92 Å². The van der Waals surface area contributed by atoms with Crippen molar-refractivity contribution < 1.29 is 0 Å². The van der Waals surface area contributed by atoms with Gasteiger partial charge in [-0.05, 0) is 68.8 Å². The zero-order valence-electron chi connectivity index (χ0n) is 13.7. The minimum absolute atomic E-state index is 0.438. The first-order valence-electron chi connectivity index (χ1n) is 8.73. The number of hydrogen-bond donors (Lipinski definition) is 2. The molecule has 2 aromatic rings. The average Bonchev–Trinajstić information content (AvgIpc) is 3.07. The van der Waals surface area contributed by atoms with Gasteiger partial charge in [0.2, 0.25) is 5.95 Å². The Bertz CT molecular complexity index is 705. The van der Waals surface area contributed by atoms with Gasteiger partial charge in [0.15, 0.2) is 0 Å². The number of aryl methyl sites for hydroxylation is 3. The summed E-state index contributed by atoms with van der Waals surface area (Å²) >= 11 is 0. The molecule has 2 heterocycles. The minimum atomic E-state index is 0.438. The van der Waals surface area contributed by atoms with Gasteiger partial charge in [-0.25, -0.2) is 9.97 Å². The number of rotatable bonds is 3. The summed E-state index contributed by atoms with van der Waals surface area (Å²) in [6.45, 7) is 4.11. The van der Waals surface area contributed by atoms with Gasteiger partial charge in [-0.1, -0.05) is 12.1 Å². The maximum absolute atomic E-state index is 4.77. The molecule has 4 rings (SSSR count). The quantitative estimate of drug-likeness (QED) is 0.915. The maximum atomic E-state index is 4.77. The van der Waals surface area contributed by atoms with E-state index in [0.717, 1.165) is 36.8 Å². The van der Waals surface area contributed by atoms with Gasteiger partial charge in [-0.3, -0.25) is 0 Å². The molecule has 4 heteroatoms. The van der Waals surface area contributed by atoms with Crippen molar-refractivity contribution in [3.63, 3.8) is 0 Å². The molecule has 1 saturated heterocycles. The third kappa shape index (κ3) is 3.22. The van der Waals surface area contributed by atoms with Crippen LogP contribution in [-0.4, -0.2) is 29.1 Å². The SMILES string of the molecule is Cc1cc(-c2ccc3c(c2)CCCC3)nc(NC2CCNC2)n1. The predicted octanol–water partition coefficient (Wildman–Crippen LogP) is 3.10. The fraction of sp³-hybridized carbons (Fsp3) is 0.474. The van der Waals surface area contributed by atoms with Gasteiger partial charge in [0.1, 0.15) is 0 Å². The molecule has 120 valence electrons. The molecule has 1 aromatic heterocycles. The van der Waals surface area contributed by atoms with Crippen LogP contribution in [0.1, 0.15) is 36.1 Å². The lowest BCUT2D eigenvalue weighted by Crippen LogP contribution is -2.23. The highest BCUT2D eigenvalue weighted by atomic mass is 15.1. The van der Waals surface area contributed by atoms with Gasteiger partial charge in [-0.15, -0.1) is 0 Å². The van der Waals surface area contributed by atoms with E-state index >= 15 is 0 Å². The zero-order valence-corrected chi connectivity index (χ0v) is 13.7. The van der Waals surface area contributed by atoms with Crippen molar-refractivity contribution in [2.24, 2.45) is 0 Å². The zero-order chi connectivity index (χ0) is 15.6. The van der Waals surface area contributed by atoms with Crippen LogP contribution < -0.4 is 10.6 Å². The molecule has 1 fully saturated rings. The van der Waals surface area contributed by atoms with Crippen LogP contribution in [0.2, 0.25) is 0 Å². The first-order chi connectivity index (χ1) is 11.3. The topological polar surface area (TPSA) is 49.8 Å². The van der Waals surface area contributed by atoms with Crippen molar-refractivity contribution in [1.29, 1.82) is 0 Å². The summed E-state index contributed by atoms with van der Waals surface area (Å²) in [5.74, 6) is 0.756. The number of fused-ring (bicyclic) bond motifs is 1. The third-order valence-corrected chi connectivity index (χ3v) is 4.89. The van der Waals surface area contributed by atoms with E-state index in [1.165, 1.54) is 42.4 Å². The molecular formula is C19H24N4. The molecule has 1 aliphatic carbocycles. The number of nitrogens with one attached hydrogen (secondary N) is 2. The van der Waals surface area contributed by atoms with E-state index in [9.17, 15) is 0 Å². The van der Waals surface area contributed by atoms with Crippen molar-refractivity contribution in [2.45, 2.75) is 45.1 Å². The summed E-state index contributed by atoms with van der Waals surface area (Å²) in [4.78, 5) is 9.33. The predicted molar refractivity (Wildman–Crippen MR) is 93.7 cm³/mol. The highest BCUT2D eigenvalue weighted by Crippen LogP contribution is 2.27. The van der Waals surface area contributed by atoms with Crippen LogP contribution >= 0.6 is 0 Å². The fourth-order valence-electron chi connectivity index (χ4n) is 3.63. The molecule has 1 atom stereocenters. The fourth-order valence-corrected chi connectivity index (χ4v) is 3.63. The van der Waals surface area contributed by atoms with E-state index < -0.39 is 0 Å². The summed E-state index contributed by atoms with van der Waals surface area (Å²) in [5.41, 5.74) is 6.27. The number of anilines is 1. The monoisotopic (exact) mass is 308 g/mol. The highest BCUT2D eigenvalue weighted by molar-refractivity contribution is 5.63. The molecule has 0 radical (unpaired) electrons. The van der Waals surface area contributed by atoms with Crippen molar-refractivity contribution >= 4 is 5.95 Å². The molecule has 1 aromatic carbocycles. The number of hydrogen-bond acceptors (Lipinski definition) is 4. The summed E-state index contributed by atoms with van der Waals surface area (Å²) in [6, 6.07) is 9.36. The summed E-state index contributed by atoms with van der Waals surface area (Å²) in [5, 5.41) is 6.84. The van der Waals surface area contributed by atoms with Crippen LogP contribution in [0.3, 0.4) is 0 Å². The standard InChI is InChI=1S/C19H24N4/c1-13-10-18(23-19(21-13)22-17-8-9-20-12-17)16-7-6-14-4-2-3-5-15(14)11-16/h6-7,10-11,17,20H,2-5,8-9,12H2,1H3,(H,21,22,23). The number of aromatic nitrogens is 2. The van der Waals surface area contributed by atoms with Crippen LogP contribution in [0, 0.1) is 6.92 Å². The van der Waals surface area contributed by atoms with Crippen molar-refractivity contribution in [1.82, 2.24) is 15.3 Å². The van der Waals surface area contributed by atoms with Crippen molar-refractivity contribution in [3.05, 3.63) is 41.1 Å². The second kappa shape index (κ2) is 6.28. The highest BCUT2D eigenvalue weighted by Gasteiger charge is 2.16. The summed E-state index contributed by atoms with van der Waals surface area (Å²) < 4.78 is 0. The molecule has 2 aliphatic rings. The van der Waals surface area contributed by atoms with Crippen LogP contribution in [0.25, 0.3) is 11.3 Å². The molecule has 0 spiro atoms. The van der Waals surface area contributed by atoms with Crippen LogP contribution in [0.5, 0.6) is 0 Å². The van der Waals surface area contributed by atoms with E-state index in [1.54, 1.807) is 0 Å². The van der Waals surface area contributed by atoms with Crippen molar-refractivity contribution in [2.75, 3.05) is 18.4 Å². The Morgan fingerprint density at radius 1 is 1.09 bits per heavy atom. The second-order valence-electron chi connectivity index (χ2n) is 6.74. The van der Waals surface area contributed by atoms with Crippen LogP contribution in [-0.2, 0) is 12.8 Å². The first-order valence-corrected chi connectivity index (χ1v) is 8.73. The lowest BCUT2D eigenvalue weighted by Gasteiger charge is -2.17. The van der Waals surface area contributed by atoms with Gasteiger partial charge >= 0.3 is 0 Å². The minimum Gasteiger partial charge on any atom is -0.350 e. The third-order valence-electron chi connectivity index (χ3n) is 4.89. The van der Waals surface area contributed by atoms with E-state index in [4.69, 9.17) is 4.98 Å². The number of benzene rings is 1. The molecule has 0 saturated carbocycles. The Balaban J connectivity index is 1.64. The Labute approximate surface area is 137 Å². The van der Waals surface area contributed by atoms with Crippen molar-refractivity contribution in [3.8, 4) is 11.3 Å². The largest absolute Gasteiger partial charge is 0.350 e. The summed E-state index contributed by atoms with van der Waals surface area (Å²) in [7, 11) is 0. The summed E-state index contributed by atoms with van der Waals surface area (Å²) in [6.07, 6.45) is 6.18. The Kier molecular flexibility index (Phi) is 4.00. The number of nitrogens with zero attached hydrogens (tertiary/aromatic N) is 2. The normalized spacial score (nSPS) is 20.3. The Morgan fingerprint density at radius 2 is 1.96 bits per heavy atom. The second-order valence-corrected chi connectivity index (χ2v) is 6.74. The lowest BCUT2D eigenvalue weighted by molar-refractivity contribution is 0.686. The Hall–Kier alpha value is -1.94. The van der Waals surface area contributed by atoms with Gasteiger partial charge in [0.25, 0.3) is 0 Å². The van der Waals surface area contributed by atoms with Gasteiger partial charge in [0, 0.05) is 23.8 Å². The molecule has 2 N–H and O–H groups in total. The molecule has 23 heavy (non-hydrogen) atoms. The molecular weight excluding hydrogens is 284 g/mol. The van der Waals surface area contributed by atoms with Crippen LogP contribution in [0.4, 0.5) is 5.95 Å². The first kappa shape index (κ1) is 14.6. The van der Waals surface area contributed by atoms with Gasteiger partial charge in [-0.2, -0.15) is 0 Å². The van der Waals surface area contributed by atoms with Crippen LogP contribution in [0.15, 0.2) is 24.3 Å². The van der Waals surface area contributed by atoms with Gasteiger partial charge < -0.3 is 10.6 Å². The smallest absolute Gasteiger partial charge is 0.223 e. The molecule has 1 unspecified atom stereocenters. The van der Waals surface area contributed by atoms with E-state index in [2.05, 4.69) is 39.9 Å². The molecule has 1 aliphatic heterocycles.